The summed E-state index contributed by atoms with van der Waals surface area (Å²) in [6.45, 7) is 9.69. The van der Waals surface area contributed by atoms with Crippen molar-refractivity contribution in [2.45, 2.75) is 79.1 Å². The SMILES string of the molecule is CCCCCCCOc1ccc(C(=O)Nc2sc3c(c2C(=O)OC)CCC(C(C)(C)C)C3)cc1. The van der Waals surface area contributed by atoms with Crippen LogP contribution in [-0.2, 0) is 17.6 Å². The Morgan fingerprint density at radius 1 is 1.09 bits per heavy atom. The molecule has 1 aromatic carbocycles. The number of carbonyl (C=O) groups is 2. The number of methoxy groups -OCH3 is 1. The van der Waals surface area contributed by atoms with Crippen molar-refractivity contribution in [3.05, 3.63) is 45.8 Å². The van der Waals surface area contributed by atoms with Gasteiger partial charge in [0.05, 0.1) is 19.3 Å². The summed E-state index contributed by atoms with van der Waals surface area (Å²) in [5.41, 5.74) is 2.29. The Labute approximate surface area is 208 Å². The number of nitrogens with one attached hydrogen (secondary N) is 1. The third kappa shape index (κ3) is 6.62. The van der Waals surface area contributed by atoms with Gasteiger partial charge in [0.2, 0.25) is 0 Å². The lowest BCUT2D eigenvalue weighted by Crippen LogP contribution is -2.26. The number of amides is 1. The topological polar surface area (TPSA) is 64.6 Å². The van der Waals surface area contributed by atoms with Crippen molar-refractivity contribution < 1.29 is 19.1 Å². The Kier molecular flexibility index (Phi) is 9.17. The lowest BCUT2D eigenvalue weighted by Gasteiger charge is -2.33. The number of benzene rings is 1. The normalized spacial score (nSPS) is 15.5. The highest BCUT2D eigenvalue weighted by Gasteiger charge is 2.34. The van der Waals surface area contributed by atoms with Crippen LogP contribution in [0.5, 0.6) is 5.75 Å². The Morgan fingerprint density at radius 2 is 1.79 bits per heavy atom. The van der Waals surface area contributed by atoms with Gasteiger partial charge in [-0.25, -0.2) is 4.79 Å². The molecule has 1 aliphatic carbocycles. The number of rotatable bonds is 10. The molecule has 0 bridgehead atoms. The Balaban J connectivity index is 1.67. The predicted octanol–water partition coefficient (Wildman–Crippen LogP) is 7.29. The number of fused-ring (bicyclic) bond motifs is 1. The molecular weight excluding hydrogens is 446 g/mol. The molecule has 1 aliphatic rings. The molecule has 6 heteroatoms. The van der Waals surface area contributed by atoms with E-state index in [-0.39, 0.29) is 17.3 Å². The first-order chi connectivity index (χ1) is 16.2. The zero-order valence-corrected chi connectivity index (χ0v) is 22.1. The number of hydrogen-bond acceptors (Lipinski definition) is 5. The summed E-state index contributed by atoms with van der Waals surface area (Å²) in [5, 5.41) is 3.57. The Hall–Kier alpha value is -2.34. The molecule has 1 heterocycles. The lowest BCUT2D eigenvalue weighted by atomic mass is 9.72. The van der Waals surface area contributed by atoms with Gasteiger partial charge in [-0.3, -0.25) is 4.79 Å². The van der Waals surface area contributed by atoms with Gasteiger partial charge in [0.15, 0.2) is 0 Å². The van der Waals surface area contributed by atoms with E-state index >= 15 is 0 Å². The number of esters is 1. The molecule has 1 N–H and O–H groups in total. The largest absolute Gasteiger partial charge is 0.494 e. The van der Waals surface area contributed by atoms with Gasteiger partial charge in [0, 0.05) is 10.4 Å². The molecule has 34 heavy (non-hydrogen) atoms. The third-order valence-electron chi connectivity index (χ3n) is 6.74. The van der Waals surface area contributed by atoms with Crippen molar-refractivity contribution in [3.63, 3.8) is 0 Å². The van der Waals surface area contributed by atoms with E-state index < -0.39 is 0 Å². The van der Waals surface area contributed by atoms with Gasteiger partial charge in [-0.1, -0.05) is 53.4 Å². The van der Waals surface area contributed by atoms with Crippen LogP contribution in [0.15, 0.2) is 24.3 Å². The molecule has 0 aliphatic heterocycles. The predicted molar refractivity (Wildman–Crippen MR) is 139 cm³/mol. The molecule has 1 amide bonds. The van der Waals surface area contributed by atoms with Crippen molar-refractivity contribution >= 4 is 28.2 Å². The maximum absolute atomic E-state index is 13.0. The fourth-order valence-electron chi connectivity index (χ4n) is 4.50. The van der Waals surface area contributed by atoms with Crippen LogP contribution < -0.4 is 10.1 Å². The Morgan fingerprint density at radius 3 is 2.44 bits per heavy atom. The number of anilines is 1. The first kappa shape index (κ1) is 26.3. The van der Waals surface area contributed by atoms with Gasteiger partial charge in [0.1, 0.15) is 10.8 Å². The molecule has 186 valence electrons. The van der Waals surface area contributed by atoms with Crippen LogP contribution in [-0.4, -0.2) is 25.6 Å². The van der Waals surface area contributed by atoms with Crippen LogP contribution in [0.1, 0.15) is 97.4 Å². The summed E-state index contributed by atoms with van der Waals surface area (Å²) in [5.74, 6) is 0.695. The summed E-state index contributed by atoms with van der Waals surface area (Å²) in [4.78, 5) is 26.8. The van der Waals surface area contributed by atoms with Gasteiger partial charge in [-0.2, -0.15) is 0 Å². The molecule has 2 aromatic rings. The van der Waals surface area contributed by atoms with E-state index in [9.17, 15) is 9.59 Å². The smallest absolute Gasteiger partial charge is 0.341 e. The highest BCUT2D eigenvalue weighted by atomic mass is 32.1. The standard InChI is InChI=1S/C28H39NO4S/c1-6-7-8-9-10-17-33-21-14-11-19(12-15-21)25(30)29-26-24(27(31)32-5)22-16-13-20(28(2,3)4)18-23(22)34-26/h11-12,14-15,20H,6-10,13,16-18H2,1-5H3,(H,29,30). The van der Waals surface area contributed by atoms with E-state index in [0.29, 0.717) is 28.7 Å². The van der Waals surface area contributed by atoms with E-state index in [0.717, 1.165) is 37.0 Å². The van der Waals surface area contributed by atoms with E-state index in [1.54, 1.807) is 12.1 Å². The molecule has 1 unspecified atom stereocenters. The second-order valence-electron chi connectivity index (χ2n) is 10.2. The van der Waals surface area contributed by atoms with Crippen LogP contribution >= 0.6 is 11.3 Å². The summed E-state index contributed by atoms with van der Waals surface area (Å²) >= 11 is 1.51. The molecule has 0 saturated heterocycles. The van der Waals surface area contributed by atoms with E-state index in [1.807, 2.05) is 12.1 Å². The monoisotopic (exact) mass is 485 g/mol. The first-order valence-corrected chi connectivity index (χ1v) is 13.3. The maximum atomic E-state index is 13.0. The van der Waals surface area contributed by atoms with Gasteiger partial charge in [0.25, 0.3) is 5.91 Å². The second-order valence-corrected chi connectivity index (χ2v) is 11.4. The Bertz CT molecular complexity index is 972. The van der Waals surface area contributed by atoms with Crippen LogP contribution in [0.4, 0.5) is 5.00 Å². The van der Waals surface area contributed by atoms with Crippen molar-refractivity contribution in [1.82, 2.24) is 0 Å². The summed E-state index contributed by atoms with van der Waals surface area (Å²) in [7, 11) is 1.39. The van der Waals surface area contributed by atoms with Crippen LogP contribution in [0.3, 0.4) is 0 Å². The van der Waals surface area contributed by atoms with E-state index in [1.165, 1.54) is 49.0 Å². The molecule has 1 atom stereocenters. The minimum atomic E-state index is -0.385. The average Bonchev–Trinajstić information content (AvgIpc) is 3.17. The molecule has 0 radical (unpaired) electrons. The number of hydrogen-bond donors (Lipinski definition) is 1. The van der Waals surface area contributed by atoms with Crippen molar-refractivity contribution in [2.24, 2.45) is 11.3 Å². The zero-order chi connectivity index (χ0) is 24.7. The highest BCUT2D eigenvalue weighted by Crippen LogP contribution is 2.44. The number of carbonyl (C=O) groups excluding carboxylic acids is 2. The molecule has 5 nitrogen and oxygen atoms in total. The van der Waals surface area contributed by atoms with E-state index in [2.05, 4.69) is 33.0 Å². The van der Waals surface area contributed by atoms with Crippen LogP contribution in [0, 0.1) is 11.3 Å². The molecule has 0 fully saturated rings. The maximum Gasteiger partial charge on any atom is 0.341 e. The van der Waals surface area contributed by atoms with Gasteiger partial charge >= 0.3 is 5.97 Å². The van der Waals surface area contributed by atoms with Crippen molar-refractivity contribution in [1.29, 1.82) is 0 Å². The van der Waals surface area contributed by atoms with Crippen LogP contribution in [0.25, 0.3) is 0 Å². The quantitative estimate of drug-likeness (QED) is 0.283. The summed E-state index contributed by atoms with van der Waals surface area (Å²) in [6, 6.07) is 7.19. The molecule has 0 spiro atoms. The minimum Gasteiger partial charge on any atom is -0.494 e. The molecule has 3 rings (SSSR count). The first-order valence-electron chi connectivity index (χ1n) is 12.5. The van der Waals surface area contributed by atoms with E-state index in [4.69, 9.17) is 9.47 Å². The second kappa shape index (κ2) is 11.9. The fourth-order valence-corrected chi connectivity index (χ4v) is 5.82. The minimum absolute atomic E-state index is 0.204. The lowest BCUT2D eigenvalue weighted by molar-refractivity contribution is 0.0600. The average molecular weight is 486 g/mol. The fraction of sp³-hybridized carbons (Fsp3) is 0.571. The van der Waals surface area contributed by atoms with Gasteiger partial charge < -0.3 is 14.8 Å². The zero-order valence-electron chi connectivity index (χ0n) is 21.3. The molecule has 1 aromatic heterocycles. The highest BCUT2D eigenvalue weighted by molar-refractivity contribution is 7.17. The summed E-state index contributed by atoms with van der Waals surface area (Å²) in [6.07, 6.45) is 8.76. The van der Waals surface area contributed by atoms with Gasteiger partial charge in [-0.15, -0.1) is 11.3 Å². The molecule has 0 saturated carbocycles. The number of unbranched alkanes of at least 4 members (excludes halogenated alkanes) is 4. The summed E-state index contributed by atoms with van der Waals surface area (Å²) < 4.78 is 10.9. The molecular formula is C28H39NO4S. The number of thiophene rings is 1. The van der Waals surface area contributed by atoms with Crippen molar-refractivity contribution in [3.8, 4) is 5.75 Å². The van der Waals surface area contributed by atoms with Crippen LogP contribution in [0.2, 0.25) is 0 Å². The number of ether oxygens (including phenoxy) is 2. The van der Waals surface area contributed by atoms with Gasteiger partial charge in [-0.05, 0) is 66.8 Å². The third-order valence-corrected chi connectivity index (χ3v) is 7.91. The van der Waals surface area contributed by atoms with Crippen molar-refractivity contribution in [2.75, 3.05) is 19.0 Å².